The molecule has 13 aromatic rings. The van der Waals surface area contributed by atoms with Crippen LogP contribution in [-0.4, -0.2) is 0 Å². The Morgan fingerprint density at radius 1 is 0.171 bits per heavy atom. The second-order valence-electron chi connectivity index (χ2n) is 22.2. The van der Waals surface area contributed by atoms with Crippen molar-refractivity contribution < 1.29 is 0 Å². The Morgan fingerprint density at radius 3 is 0.780 bits per heavy atom. The summed E-state index contributed by atoms with van der Waals surface area (Å²) in [5.74, 6) is 0.183. The van der Waals surface area contributed by atoms with Gasteiger partial charge in [0, 0.05) is 11.8 Å². The number of fused-ring (bicyclic) bond motifs is 6. The van der Waals surface area contributed by atoms with Crippen molar-refractivity contribution >= 4 is 0 Å². The number of benzene rings is 13. The fourth-order valence-corrected chi connectivity index (χ4v) is 14.4. The van der Waals surface area contributed by atoms with Gasteiger partial charge in [-0.15, -0.1) is 0 Å². The molecular weight excluding hydrogens is 985 g/mol. The predicted octanol–water partition coefficient (Wildman–Crippen LogP) is 20.1. The molecule has 0 aliphatic heterocycles. The third-order valence-corrected chi connectivity index (χ3v) is 17.9. The molecule has 0 heteroatoms. The van der Waals surface area contributed by atoms with Crippen molar-refractivity contribution in [3.63, 3.8) is 0 Å². The third-order valence-electron chi connectivity index (χ3n) is 17.9. The van der Waals surface area contributed by atoms with Gasteiger partial charge in [-0.3, -0.25) is 0 Å². The molecule has 0 radical (unpaired) electrons. The summed E-state index contributed by atoms with van der Waals surface area (Å²) in [6.07, 6.45) is 0. The molecular formula is C82H58. The lowest BCUT2D eigenvalue weighted by molar-refractivity contribution is 0.745. The van der Waals surface area contributed by atoms with Crippen molar-refractivity contribution in [2.24, 2.45) is 0 Å². The molecule has 1 unspecified atom stereocenters. The largest absolute Gasteiger partial charge is 0.0701 e. The Labute approximate surface area is 482 Å². The first-order chi connectivity index (χ1) is 40.7. The fraction of sp³-hybridized carbons (Fsp3) is 0.0488. The first-order valence-corrected chi connectivity index (χ1v) is 28.8. The SMILES string of the molecule is c1ccc(C(c2ccccc2)(c2ccccc2)c2ccc(-c3cc(-c4ccc(C(c5ccccc5)(c5ccccc5)c5ccccc5)cc4)cc(C4c5ccccc5-c5cc(C6c7ccccc7-c7ccccc76)ccc54)c3)cc2)cc1. The van der Waals surface area contributed by atoms with E-state index in [0.717, 1.165) is 0 Å². The topological polar surface area (TPSA) is 0 Å². The van der Waals surface area contributed by atoms with Gasteiger partial charge >= 0.3 is 0 Å². The minimum atomic E-state index is -0.551. The van der Waals surface area contributed by atoms with Crippen molar-refractivity contribution in [3.8, 4) is 44.5 Å². The maximum Gasteiger partial charge on any atom is 0.0701 e. The summed E-state index contributed by atoms with van der Waals surface area (Å²) < 4.78 is 0. The van der Waals surface area contributed by atoms with Crippen LogP contribution in [0.15, 0.2) is 340 Å². The summed E-state index contributed by atoms with van der Waals surface area (Å²) in [6.45, 7) is 0. The number of hydrogen-bond acceptors (Lipinski definition) is 0. The molecule has 2 aliphatic rings. The predicted molar refractivity (Wildman–Crippen MR) is 340 cm³/mol. The molecule has 0 saturated carbocycles. The number of rotatable bonds is 12. The van der Waals surface area contributed by atoms with E-state index >= 15 is 0 Å². The highest BCUT2D eigenvalue weighted by atomic mass is 14.4. The average Bonchev–Trinajstić information content (AvgIpc) is 4.24. The zero-order valence-corrected chi connectivity index (χ0v) is 45.5. The molecule has 0 nitrogen and oxygen atoms in total. The molecule has 0 fully saturated rings. The van der Waals surface area contributed by atoms with Crippen LogP contribution in [0.4, 0.5) is 0 Å². The minimum absolute atomic E-state index is 0.0180. The van der Waals surface area contributed by atoms with E-state index in [-0.39, 0.29) is 11.8 Å². The van der Waals surface area contributed by atoms with Gasteiger partial charge in [-0.1, -0.05) is 328 Å². The van der Waals surface area contributed by atoms with Gasteiger partial charge in [0.15, 0.2) is 0 Å². The van der Waals surface area contributed by atoms with Gasteiger partial charge in [0.05, 0.1) is 10.8 Å². The molecule has 386 valence electrons. The summed E-state index contributed by atoms with van der Waals surface area (Å²) in [5.41, 5.74) is 26.7. The standard InChI is InChI=1S/C82H58/c1-7-25-63(26-8-1)81(64-27-9-2-10-28-64,65-29-11-3-12-30-65)69-48-43-57(44-49-69)60-53-61(58-45-50-70(51-46-58)82(66-31-13-4-14-32-66,67-33-15-5-16-34-67)68-35-17-6-18-36-68)55-62(54-60)80-76-42-24-21-39-73(76)78-56-59(47-52-77(78)80)79-74-40-22-19-37-71(74)72-38-20-23-41-75(72)79/h1-56,79-80H. The summed E-state index contributed by atoms with van der Waals surface area (Å²) in [6, 6.07) is 127. The summed E-state index contributed by atoms with van der Waals surface area (Å²) in [7, 11) is 0. The molecule has 0 N–H and O–H groups in total. The third kappa shape index (κ3) is 7.97. The highest BCUT2D eigenvalue weighted by Crippen LogP contribution is 2.54. The Kier molecular flexibility index (Phi) is 12.2. The lowest BCUT2D eigenvalue weighted by atomic mass is 9.65. The van der Waals surface area contributed by atoms with Gasteiger partial charge in [0.25, 0.3) is 0 Å². The zero-order valence-electron chi connectivity index (χ0n) is 45.5. The van der Waals surface area contributed by atoms with Crippen molar-refractivity contribution in [1.82, 2.24) is 0 Å². The summed E-state index contributed by atoms with van der Waals surface area (Å²) in [4.78, 5) is 0. The molecule has 15 rings (SSSR count). The molecule has 0 bridgehead atoms. The van der Waals surface area contributed by atoms with Crippen LogP contribution < -0.4 is 0 Å². The molecule has 82 heavy (non-hydrogen) atoms. The molecule has 0 amide bonds. The van der Waals surface area contributed by atoms with E-state index in [1.165, 1.54) is 122 Å². The fourth-order valence-electron chi connectivity index (χ4n) is 14.4. The molecule has 0 saturated heterocycles. The van der Waals surface area contributed by atoms with Gasteiger partial charge in [0.2, 0.25) is 0 Å². The molecule has 2 aliphatic carbocycles. The highest BCUT2D eigenvalue weighted by Gasteiger charge is 2.40. The maximum absolute atomic E-state index is 2.51. The smallest absolute Gasteiger partial charge is 0.0622 e. The van der Waals surface area contributed by atoms with Gasteiger partial charge in [-0.25, -0.2) is 0 Å². The first-order valence-electron chi connectivity index (χ1n) is 28.8. The Balaban J connectivity index is 0.909. The minimum Gasteiger partial charge on any atom is -0.0622 e. The monoisotopic (exact) mass is 1040 g/mol. The number of hydrogen-bond donors (Lipinski definition) is 0. The highest BCUT2D eigenvalue weighted by molar-refractivity contribution is 5.86. The van der Waals surface area contributed by atoms with Crippen LogP contribution in [0.3, 0.4) is 0 Å². The average molecular weight is 1040 g/mol. The van der Waals surface area contributed by atoms with E-state index in [9.17, 15) is 0 Å². The van der Waals surface area contributed by atoms with Crippen molar-refractivity contribution in [1.29, 1.82) is 0 Å². The van der Waals surface area contributed by atoms with Crippen molar-refractivity contribution in [3.05, 3.63) is 418 Å². The van der Waals surface area contributed by atoms with Crippen molar-refractivity contribution in [2.45, 2.75) is 22.7 Å². The first kappa shape index (κ1) is 48.9. The van der Waals surface area contributed by atoms with Gasteiger partial charge in [0.1, 0.15) is 0 Å². The van der Waals surface area contributed by atoms with Gasteiger partial charge in [-0.05, 0) is 135 Å². The second kappa shape index (κ2) is 20.5. The van der Waals surface area contributed by atoms with E-state index < -0.39 is 10.8 Å². The molecule has 0 heterocycles. The normalized spacial score (nSPS) is 13.4. The van der Waals surface area contributed by atoms with Crippen molar-refractivity contribution in [2.75, 3.05) is 0 Å². The van der Waals surface area contributed by atoms with Crippen LogP contribution in [0.1, 0.15) is 89.7 Å². The van der Waals surface area contributed by atoms with Gasteiger partial charge in [-0.2, -0.15) is 0 Å². The van der Waals surface area contributed by atoms with Crippen LogP contribution >= 0.6 is 0 Å². The summed E-state index contributed by atoms with van der Waals surface area (Å²) in [5, 5.41) is 0. The molecule has 13 aromatic carbocycles. The van der Waals surface area contributed by atoms with Gasteiger partial charge < -0.3 is 0 Å². The van der Waals surface area contributed by atoms with E-state index in [1.54, 1.807) is 0 Å². The lowest BCUT2D eigenvalue weighted by Gasteiger charge is -2.37. The molecule has 0 aromatic heterocycles. The Hall–Kier alpha value is -10.1. The maximum atomic E-state index is 2.51. The molecule has 0 spiro atoms. The van der Waals surface area contributed by atoms with E-state index in [0.29, 0.717) is 0 Å². The van der Waals surface area contributed by atoms with E-state index in [4.69, 9.17) is 0 Å². The van der Waals surface area contributed by atoms with E-state index in [2.05, 4.69) is 340 Å². The zero-order chi connectivity index (χ0) is 54.5. The van der Waals surface area contributed by atoms with Crippen LogP contribution in [0.2, 0.25) is 0 Å². The lowest BCUT2D eigenvalue weighted by Crippen LogP contribution is -2.30. The van der Waals surface area contributed by atoms with Crippen LogP contribution in [0.5, 0.6) is 0 Å². The quantitative estimate of drug-likeness (QED) is 0.107. The Bertz CT molecular complexity index is 3970. The van der Waals surface area contributed by atoms with Crippen LogP contribution in [-0.2, 0) is 10.8 Å². The summed E-state index contributed by atoms with van der Waals surface area (Å²) >= 11 is 0. The Morgan fingerprint density at radius 2 is 0.439 bits per heavy atom. The molecule has 1 atom stereocenters. The van der Waals surface area contributed by atoms with Crippen LogP contribution in [0.25, 0.3) is 44.5 Å². The van der Waals surface area contributed by atoms with Crippen LogP contribution in [0, 0.1) is 0 Å². The second-order valence-corrected chi connectivity index (χ2v) is 22.2. The van der Waals surface area contributed by atoms with E-state index in [1.807, 2.05) is 0 Å².